The van der Waals surface area contributed by atoms with Crippen molar-refractivity contribution in [2.75, 3.05) is 0 Å². The standard InChI is InChI=1S/C25H15Cl2N3OS.C2HF3O2/c26-19-7-4-8-20(27)23(19)29-25-30-24(31)22(32-25)14-15-9-10-21-18(13-15)17(11-12-28-21)16-5-2-1-3-6-16;3-2(4,5)1(6)7/h1-14H,(H,29,30,31);(H,6,7). The van der Waals surface area contributed by atoms with E-state index in [1.165, 1.54) is 11.8 Å². The highest BCUT2D eigenvalue weighted by Crippen LogP contribution is 2.36. The summed E-state index contributed by atoms with van der Waals surface area (Å²) in [5.41, 5.74) is 4.44. The number of alkyl halides is 3. The van der Waals surface area contributed by atoms with Crippen molar-refractivity contribution in [1.29, 1.82) is 0 Å². The summed E-state index contributed by atoms with van der Waals surface area (Å²) in [5, 5.41) is 12.2. The second-order valence-corrected chi connectivity index (χ2v) is 9.70. The molecular formula is C27H16Cl2F3N3O3S. The number of halogens is 5. The smallest absolute Gasteiger partial charge is 0.475 e. The number of nitrogens with zero attached hydrogens (tertiary/aromatic N) is 2. The van der Waals surface area contributed by atoms with Crippen LogP contribution >= 0.6 is 35.0 Å². The molecule has 1 aromatic heterocycles. The van der Waals surface area contributed by atoms with Crippen LogP contribution in [0.1, 0.15) is 5.56 Å². The molecule has 1 amide bonds. The van der Waals surface area contributed by atoms with Gasteiger partial charge in [-0.1, -0.05) is 65.7 Å². The lowest BCUT2D eigenvalue weighted by Crippen LogP contribution is -2.21. The molecule has 2 heterocycles. The van der Waals surface area contributed by atoms with E-state index in [1.54, 1.807) is 18.2 Å². The van der Waals surface area contributed by atoms with Gasteiger partial charge in [-0.2, -0.15) is 13.2 Å². The van der Waals surface area contributed by atoms with Crippen molar-refractivity contribution >= 4 is 74.7 Å². The zero-order chi connectivity index (χ0) is 28.2. The number of aliphatic carboxylic acids is 1. The van der Waals surface area contributed by atoms with Crippen LogP contribution in [0.2, 0.25) is 10.0 Å². The lowest BCUT2D eigenvalue weighted by Gasteiger charge is -2.07. The summed E-state index contributed by atoms with van der Waals surface area (Å²) in [6.07, 6.45) is -1.43. The van der Waals surface area contributed by atoms with E-state index >= 15 is 0 Å². The molecule has 39 heavy (non-hydrogen) atoms. The Morgan fingerprint density at radius 3 is 2.31 bits per heavy atom. The van der Waals surface area contributed by atoms with Crippen LogP contribution in [-0.2, 0) is 9.59 Å². The van der Waals surface area contributed by atoms with E-state index in [4.69, 9.17) is 33.1 Å². The molecule has 198 valence electrons. The van der Waals surface area contributed by atoms with Gasteiger partial charge in [-0.25, -0.2) is 9.79 Å². The quantitative estimate of drug-likeness (QED) is 0.238. The Morgan fingerprint density at radius 2 is 1.67 bits per heavy atom. The Balaban J connectivity index is 0.000000448. The molecule has 6 nitrogen and oxygen atoms in total. The van der Waals surface area contributed by atoms with Gasteiger partial charge in [0.15, 0.2) is 5.17 Å². The zero-order valence-electron chi connectivity index (χ0n) is 19.5. The number of para-hydroxylation sites is 1. The summed E-state index contributed by atoms with van der Waals surface area (Å²) in [6.45, 7) is 0. The van der Waals surface area contributed by atoms with Crippen molar-refractivity contribution in [1.82, 2.24) is 10.3 Å². The van der Waals surface area contributed by atoms with Crippen molar-refractivity contribution in [3.63, 3.8) is 0 Å². The predicted molar refractivity (Wildman–Crippen MR) is 148 cm³/mol. The number of amides is 1. The minimum absolute atomic E-state index is 0.216. The maximum absolute atomic E-state index is 12.5. The van der Waals surface area contributed by atoms with Crippen LogP contribution in [0.5, 0.6) is 0 Å². The van der Waals surface area contributed by atoms with Crippen LogP contribution < -0.4 is 5.32 Å². The second-order valence-electron chi connectivity index (χ2n) is 7.86. The Labute approximate surface area is 234 Å². The number of amidine groups is 1. The topological polar surface area (TPSA) is 91.6 Å². The Kier molecular flexibility index (Phi) is 8.59. The number of aromatic nitrogens is 1. The molecule has 12 heteroatoms. The summed E-state index contributed by atoms with van der Waals surface area (Å²) >= 11 is 13.6. The number of aliphatic imine (C=N–C) groups is 1. The summed E-state index contributed by atoms with van der Waals surface area (Å²) in [6, 6.07) is 23.3. The van der Waals surface area contributed by atoms with Gasteiger partial charge in [-0.15, -0.1) is 0 Å². The lowest BCUT2D eigenvalue weighted by molar-refractivity contribution is -0.192. The summed E-state index contributed by atoms with van der Waals surface area (Å²) < 4.78 is 31.7. The van der Waals surface area contributed by atoms with Gasteiger partial charge in [-0.05, 0) is 64.9 Å². The minimum Gasteiger partial charge on any atom is -0.475 e. The van der Waals surface area contributed by atoms with Crippen LogP contribution in [0.15, 0.2) is 88.9 Å². The summed E-state index contributed by atoms with van der Waals surface area (Å²) in [4.78, 5) is 30.9. The normalized spacial score (nSPS) is 15.3. The fourth-order valence-corrected chi connectivity index (χ4v) is 4.76. The van der Waals surface area contributed by atoms with Crippen LogP contribution in [-0.4, -0.2) is 33.3 Å². The number of carbonyl (C=O) groups is 2. The van der Waals surface area contributed by atoms with Gasteiger partial charge in [0.05, 0.1) is 20.5 Å². The number of carbonyl (C=O) groups excluding carboxylic acids is 1. The molecule has 0 aliphatic carbocycles. The first-order valence-corrected chi connectivity index (χ1v) is 12.6. The molecular weight excluding hydrogens is 574 g/mol. The number of carboxylic acid groups (broad SMARTS) is 1. The molecule has 5 rings (SSSR count). The molecule has 3 aromatic carbocycles. The Morgan fingerprint density at radius 1 is 1.00 bits per heavy atom. The largest absolute Gasteiger partial charge is 0.490 e. The van der Waals surface area contributed by atoms with Crippen molar-refractivity contribution in [2.45, 2.75) is 6.18 Å². The van der Waals surface area contributed by atoms with Gasteiger partial charge in [0.2, 0.25) is 0 Å². The highest BCUT2D eigenvalue weighted by atomic mass is 35.5. The van der Waals surface area contributed by atoms with Gasteiger partial charge in [0.25, 0.3) is 5.91 Å². The van der Waals surface area contributed by atoms with Crippen molar-refractivity contribution in [2.24, 2.45) is 4.99 Å². The van der Waals surface area contributed by atoms with E-state index in [0.29, 0.717) is 25.8 Å². The first kappa shape index (κ1) is 28.2. The molecule has 0 spiro atoms. The fourth-order valence-electron chi connectivity index (χ4n) is 3.45. The first-order valence-electron chi connectivity index (χ1n) is 11.0. The molecule has 0 atom stereocenters. The molecule has 1 saturated heterocycles. The van der Waals surface area contributed by atoms with Crippen LogP contribution in [0, 0.1) is 0 Å². The Hall–Kier alpha value is -3.86. The van der Waals surface area contributed by atoms with E-state index < -0.39 is 12.1 Å². The van der Waals surface area contributed by atoms with Gasteiger partial charge >= 0.3 is 12.1 Å². The van der Waals surface area contributed by atoms with Gasteiger partial charge in [0.1, 0.15) is 5.69 Å². The third-order valence-corrected chi connectivity index (χ3v) is 6.71. The van der Waals surface area contributed by atoms with Crippen molar-refractivity contribution in [3.05, 3.63) is 99.5 Å². The number of carboxylic acids is 1. The molecule has 0 saturated carbocycles. The molecule has 1 aliphatic rings. The number of thioether (sulfide) groups is 1. The first-order chi connectivity index (χ1) is 18.5. The van der Waals surface area contributed by atoms with Gasteiger partial charge in [-0.3, -0.25) is 9.78 Å². The molecule has 0 bridgehead atoms. The summed E-state index contributed by atoms with van der Waals surface area (Å²) in [7, 11) is 0. The highest BCUT2D eigenvalue weighted by molar-refractivity contribution is 8.18. The maximum atomic E-state index is 12.5. The van der Waals surface area contributed by atoms with Gasteiger partial charge < -0.3 is 10.4 Å². The van der Waals surface area contributed by atoms with Crippen LogP contribution in [0.4, 0.5) is 18.9 Å². The molecule has 2 N–H and O–H groups in total. The minimum atomic E-state index is -5.08. The van der Waals surface area contributed by atoms with E-state index in [2.05, 4.69) is 27.4 Å². The van der Waals surface area contributed by atoms with E-state index in [9.17, 15) is 18.0 Å². The van der Waals surface area contributed by atoms with Gasteiger partial charge in [0, 0.05) is 11.6 Å². The Bertz CT molecular complexity index is 1610. The fraction of sp³-hybridized carbons (Fsp3) is 0.0370. The van der Waals surface area contributed by atoms with Crippen LogP contribution in [0.25, 0.3) is 28.1 Å². The monoisotopic (exact) mass is 589 g/mol. The number of hydrogen-bond donors (Lipinski definition) is 2. The predicted octanol–water partition coefficient (Wildman–Crippen LogP) is 7.73. The maximum Gasteiger partial charge on any atom is 0.490 e. The molecule has 0 radical (unpaired) electrons. The van der Waals surface area contributed by atoms with Crippen molar-refractivity contribution in [3.8, 4) is 11.1 Å². The van der Waals surface area contributed by atoms with E-state index in [1.807, 2.05) is 54.7 Å². The molecule has 4 aromatic rings. The average Bonchev–Trinajstić information content (AvgIpc) is 3.24. The SMILES string of the molecule is O=C(O)C(F)(F)F.O=C1NC(=Nc2c(Cl)cccc2Cl)SC1=Cc1ccc2nccc(-c3ccccc3)c2c1. The second kappa shape index (κ2) is 11.9. The van der Waals surface area contributed by atoms with E-state index in [0.717, 1.165) is 27.6 Å². The number of rotatable bonds is 3. The van der Waals surface area contributed by atoms with Crippen LogP contribution in [0.3, 0.4) is 0 Å². The van der Waals surface area contributed by atoms with Crippen molar-refractivity contribution < 1.29 is 27.9 Å². The molecule has 1 fully saturated rings. The number of fused-ring (bicyclic) bond motifs is 1. The third-order valence-electron chi connectivity index (χ3n) is 5.19. The number of nitrogens with one attached hydrogen (secondary N) is 1. The average molecular weight is 590 g/mol. The number of benzene rings is 3. The van der Waals surface area contributed by atoms with E-state index in [-0.39, 0.29) is 5.91 Å². The highest BCUT2D eigenvalue weighted by Gasteiger charge is 2.38. The molecule has 0 unspecified atom stereocenters. The molecule has 1 aliphatic heterocycles. The summed E-state index contributed by atoms with van der Waals surface area (Å²) in [5.74, 6) is -2.97. The number of pyridine rings is 1. The third kappa shape index (κ3) is 6.97. The number of hydrogen-bond acceptors (Lipinski definition) is 5. The lowest BCUT2D eigenvalue weighted by atomic mass is 10.00. The zero-order valence-corrected chi connectivity index (χ0v) is 21.9.